The fourth-order valence-corrected chi connectivity index (χ4v) is 1.84. The lowest BCUT2D eigenvalue weighted by Crippen LogP contribution is -2.24. The summed E-state index contributed by atoms with van der Waals surface area (Å²) < 4.78 is 2.07. The van der Waals surface area contributed by atoms with E-state index in [1.54, 1.807) is 0 Å². The minimum absolute atomic E-state index is 0.431. The number of unbranched alkanes of at least 4 members (excludes halogenated alkanes) is 1. The average Bonchev–Trinajstić information content (AvgIpc) is 2.70. The van der Waals surface area contributed by atoms with Gasteiger partial charge in [-0.1, -0.05) is 6.82 Å². The molecule has 5 nitrogen and oxygen atoms in total. The van der Waals surface area contributed by atoms with E-state index in [1.807, 2.05) is 0 Å². The molecule has 2 aromatic heterocycles. The molecule has 0 saturated carbocycles. The highest BCUT2D eigenvalue weighted by Gasteiger charge is 2.12. The van der Waals surface area contributed by atoms with Crippen LogP contribution in [0.3, 0.4) is 0 Å². The minimum atomic E-state index is 0.431. The van der Waals surface area contributed by atoms with E-state index in [2.05, 4.69) is 32.3 Å². The van der Waals surface area contributed by atoms with Crippen molar-refractivity contribution >= 4 is 30.0 Å². The Morgan fingerprint density at radius 3 is 3.06 bits per heavy atom. The average molecular weight is 227 g/mol. The molecule has 0 unspecified atom stereocenters. The second-order valence-electron chi connectivity index (χ2n) is 3.77. The van der Waals surface area contributed by atoms with Gasteiger partial charge in [0.1, 0.15) is 11.8 Å². The number of rotatable bonds is 4. The van der Waals surface area contributed by atoms with Gasteiger partial charge in [0.2, 0.25) is 7.28 Å². The monoisotopic (exact) mass is 227 g/mol. The lowest BCUT2D eigenvalue weighted by molar-refractivity contribution is 0.680. The van der Waals surface area contributed by atoms with Crippen LogP contribution in [-0.4, -0.2) is 26.8 Å². The predicted molar refractivity (Wildman–Crippen MR) is 70.4 cm³/mol. The quantitative estimate of drug-likeness (QED) is 0.451. The molecule has 0 aliphatic carbocycles. The summed E-state index contributed by atoms with van der Waals surface area (Å²) >= 11 is 0. The highest BCUT2D eigenvalue weighted by molar-refractivity contribution is 6.50. The Morgan fingerprint density at radius 1 is 1.53 bits per heavy atom. The van der Waals surface area contributed by atoms with Crippen LogP contribution in [0.1, 0.15) is 12.8 Å². The number of aryl methyl sites for hydroxylation is 1. The Kier molecular flexibility index (Phi) is 3.28. The summed E-state index contributed by atoms with van der Waals surface area (Å²) in [5, 5.41) is 0. The van der Waals surface area contributed by atoms with Gasteiger partial charge in [-0.05, 0) is 6.42 Å². The molecule has 0 amide bonds. The largest absolute Gasteiger partial charge is 0.382 e. The van der Waals surface area contributed by atoms with Crippen molar-refractivity contribution in [1.29, 1.82) is 0 Å². The van der Waals surface area contributed by atoms with Crippen LogP contribution >= 0.6 is 0 Å². The van der Waals surface area contributed by atoms with E-state index in [-0.39, 0.29) is 0 Å². The van der Waals surface area contributed by atoms with Crippen molar-refractivity contribution in [1.82, 2.24) is 19.5 Å². The second kappa shape index (κ2) is 4.87. The number of aromatic nitrogens is 4. The number of terminal acetylenes is 1. The number of fused-ring (bicyclic) bond motifs is 1. The third-order valence-corrected chi connectivity index (χ3v) is 2.66. The summed E-state index contributed by atoms with van der Waals surface area (Å²) in [5.41, 5.74) is 8.25. The van der Waals surface area contributed by atoms with Gasteiger partial charge in [0.15, 0.2) is 11.5 Å². The summed E-state index contributed by atoms with van der Waals surface area (Å²) in [4.78, 5) is 12.7. The van der Waals surface area contributed by atoms with Crippen molar-refractivity contribution in [3.8, 4) is 12.3 Å². The van der Waals surface area contributed by atoms with Crippen LogP contribution < -0.4 is 11.5 Å². The highest BCUT2D eigenvalue weighted by Crippen LogP contribution is 2.13. The maximum atomic E-state index is 5.79. The van der Waals surface area contributed by atoms with Crippen LogP contribution in [0.15, 0.2) is 6.33 Å². The van der Waals surface area contributed by atoms with Crippen LogP contribution in [0, 0.1) is 12.3 Å². The van der Waals surface area contributed by atoms with E-state index < -0.39 is 0 Å². The van der Waals surface area contributed by atoms with Crippen molar-refractivity contribution in [3.05, 3.63) is 6.33 Å². The van der Waals surface area contributed by atoms with Crippen molar-refractivity contribution in [2.45, 2.75) is 26.2 Å². The topological polar surface area (TPSA) is 69.6 Å². The molecule has 2 heterocycles. The zero-order valence-corrected chi connectivity index (χ0v) is 9.85. The molecule has 2 rings (SSSR count). The Balaban J connectivity index is 2.44. The molecular formula is C11H14BN5. The maximum Gasteiger partial charge on any atom is 0.201 e. The number of anilines is 1. The van der Waals surface area contributed by atoms with Crippen LogP contribution in [0.5, 0.6) is 0 Å². The van der Waals surface area contributed by atoms with Crippen molar-refractivity contribution < 1.29 is 0 Å². The molecule has 0 atom stereocenters. The van der Waals surface area contributed by atoms with Crippen LogP contribution in [-0.2, 0) is 6.54 Å². The standard InChI is InChI=1S/C11H14BN5/c1-3-4-5-6-17-10-8(16-11(17)12-2)9(13)14-7-15-10/h1,7,12H,4-6H2,2H3,(H2,13,14,15). The first-order valence-electron chi connectivity index (χ1n) is 5.67. The maximum absolute atomic E-state index is 5.79. The molecule has 6 heteroatoms. The molecular weight excluding hydrogens is 213 g/mol. The molecule has 2 aromatic rings. The van der Waals surface area contributed by atoms with Crippen molar-refractivity contribution in [2.75, 3.05) is 5.73 Å². The molecule has 0 aliphatic rings. The second-order valence-corrected chi connectivity index (χ2v) is 3.77. The smallest absolute Gasteiger partial charge is 0.201 e. The first-order valence-corrected chi connectivity index (χ1v) is 5.67. The summed E-state index contributed by atoms with van der Waals surface area (Å²) in [6, 6.07) is 0. The molecule has 86 valence electrons. The molecule has 0 spiro atoms. The van der Waals surface area contributed by atoms with Gasteiger partial charge >= 0.3 is 0 Å². The minimum Gasteiger partial charge on any atom is -0.382 e. The van der Waals surface area contributed by atoms with Gasteiger partial charge < -0.3 is 10.3 Å². The van der Waals surface area contributed by atoms with Gasteiger partial charge in [0.05, 0.1) is 5.72 Å². The van der Waals surface area contributed by atoms with E-state index in [4.69, 9.17) is 12.2 Å². The molecule has 17 heavy (non-hydrogen) atoms. The van der Waals surface area contributed by atoms with Gasteiger partial charge in [-0.3, -0.25) is 0 Å². The summed E-state index contributed by atoms with van der Waals surface area (Å²) in [5.74, 6) is 3.07. The summed E-state index contributed by atoms with van der Waals surface area (Å²) in [7, 11) is 0.839. The fourth-order valence-electron chi connectivity index (χ4n) is 1.84. The zero-order chi connectivity index (χ0) is 12.3. The number of hydrogen-bond acceptors (Lipinski definition) is 4. The molecule has 0 aliphatic heterocycles. The normalized spacial score (nSPS) is 10.4. The molecule has 2 N–H and O–H groups in total. The Hall–Kier alpha value is -2.03. The van der Waals surface area contributed by atoms with E-state index in [9.17, 15) is 0 Å². The van der Waals surface area contributed by atoms with Gasteiger partial charge in [-0.15, -0.1) is 12.3 Å². The molecule has 0 saturated heterocycles. The van der Waals surface area contributed by atoms with E-state index in [0.717, 1.165) is 38.0 Å². The van der Waals surface area contributed by atoms with Gasteiger partial charge in [0, 0.05) is 13.0 Å². The lowest BCUT2D eigenvalue weighted by Gasteiger charge is -2.05. The predicted octanol–water partition coefficient (Wildman–Crippen LogP) is -0.0682. The van der Waals surface area contributed by atoms with Gasteiger partial charge in [-0.2, -0.15) is 0 Å². The first-order chi connectivity index (χ1) is 8.27. The molecule has 0 bridgehead atoms. The number of nitrogen functional groups attached to an aromatic ring is 1. The van der Waals surface area contributed by atoms with Crippen molar-refractivity contribution in [2.24, 2.45) is 0 Å². The van der Waals surface area contributed by atoms with Crippen LogP contribution in [0.25, 0.3) is 11.2 Å². The SMILES string of the molecule is C#CCCCn1c(BC)nc2c(N)ncnc21. The third-order valence-electron chi connectivity index (χ3n) is 2.66. The molecule has 0 aromatic carbocycles. The van der Waals surface area contributed by atoms with Crippen LogP contribution in [0.2, 0.25) is 6.82 Å². The van der Waals surface area contributed by atoms with Crippen molar-refractivity contribution in [3.63, 3.8) is 0 Å². The molecule has 0 radical (unpaired) electrons. The summed E-state index contributed by atoms with van der Waals surface area (Å²) in [6.07, 6.45) is 8.39. The van der Waals surface area contributed by atoms with Gasteiger partial charge in [-0.25, -0.2) is 15.0 Å². The number of nitrogens with two attached hydrogens (primary N) is 1. The number of imidazole rings is 1. The third kappa shape index (κ3) is 2.09. The Bertz CT molecular complexity index is 569. The van der Waals surface area contributed by atoms with E-state index in [1.165, 1.54) is 6.33 Å². The van der Waals surface area contributed by atoms with Gasteiger partial charge in [0.25, 0.3) is 0 Å². The summed E-state index contributed by atoms with van der Waals surface area (Å²) in [6.45, 7) is 2.88. The van der Waals surface area contributed by atoms with Crippen LogP contribution in [0.4, 0.5) is 5.82 Å². The molecule has 0 fully saturated rings. The highest BCUT2D eigenvalue weighted by atomic mass is 15.1. The lowest BCUT2D eigenvalue weighted by atomic mass is 9.81. The fraction of sp³-hybridized carbons (Fsp3) is 0.364. The number of hydrogen-bond donors (Lipinski definition) is 1. The van der Waals surface area contributed by atoms with E-state index >= 15 is 0 Å². The number of nitrogens with zero attached hydrogens (tertiary/aromatic N) is 4. The zero-order valence-electron chi connectivity index (χ0n) is 9.85. The van der Waals surface area contributed by atoms with E-state index in [0.29, 0.717) is 11.3 Å². The first kappa shape index (κ1) is 11.5. The Labute approximate surface area is 101 Å². The Morgan fingerprint density at radius 2 is 2.35 bits per heavy atom.